The van der Waals surface area contributed by atoms with Crippen LogP contribution in [0, 0.1) is 0 Å². The molecule has 0 aliphatic rings. The third-order valence-electron chi connectivity index (χ3n) is 1.92. The van der Waals surface area contributed by atoms with Crippen LogP contribution in [0.4, 0.5) is 0 Å². The van der Waals surface area contributed by atoms with Crippen molar-refractivity contribution in [3.8, 4) is 0 Å². The molecule has 0 fully saturated rings. The van der Waals surface area contributed by atoms with Crippen LogP contribution in [0.2, 0.25) is 0 Å². The first-order valence-corrected chi connectivity index (χ1v) is 5.18. The van der Waals surface area contributed by atoms with Crippen LogP contribution in [0.5, 0.6) is 0 Å². The number of unbranched alkanes of at least 4 members (excludes halogenated alkanes) is 1. The van der Waals surface area contributed by atoms with Gasteiger partial charge in [-0.1, -0.05) is 40.5 Å². The highest BCUT2D eigenvalue weighted by Crippen LogP contribution is 2.00. The van der Waals surface area contributed by atoms with Crippen LogP contribution in [-0.4, -0.2) is 24.7 Å². The summed E-state index contributed by atoms with van der Waals surface area (Å²) in [4.78, 5) is 2.18. The van der Waals surface area contributed by atoms with Gasteiger partial charge in [0, 0.05) is 0 Å². The molecule has 0 heterocycles. The summed E-state index contributed by atoms with van der Waals surface area (Å²) >= 11 is 0. The fourth-order valence-corrected chi connectivity index (χ4v) is 0.868. The van der Waals surface area contributed by atoms with Crippen LogP contribution >= 0.6 is 0 Å². The number of nitrogens with zero attached hydrogens (tertiary/aromatic N) is 1. The Bertz CT molecular complexity index is 74.2. The number of hydrogen-bond acceptors (Lipinski definition) is 2. The molecule has 2 N–H and O–H groups in total. The predicted molar refractivity (Wildman–Crippen MR) is 57.2 cm³/mol. The first-order chi connectivity index (χ1) is 5.72. The third kappa shape index (κ3) is 8.02. The Labute approximate surface area is 78.1 Å². The molecule has 0 aliphatic carbocycles. The zero-order valence-corrected chi connectivity index (χ0v) is 9.43. The Morgan fingerprint density at radius 2 is 1.75 bits per heavy atom. The normalized spacial score (nSPS) is 12.2. The molecule has 0 radical (unpaired) electrons. The maximum absolute atomic E-state index is 5.84. The molecule has 0 aromatic carbocycles. The van der Waals surface area contributed by atoms with Crippen molar-refractivity contribution < 1.29 is 0 Å². The molecule has 0 aromatic heterocycles. The van der Waals surface area contributed by atoms with Gasteiger partial charge in [-0.3, -0.25) is 4.90 Å². The van der Waals surface area contributed by atoms with Crippen molar-refractivity contribution in [3.63, 3.8) is 0 Å². The number of hydrogen-bond donors (Lipinski definition) is 1. The number of nitrogens with two attached hydrogens (primary N) is 1. The van der Waals surface area contributed by atoms with Crippen molar-refractivity contribution in [1.82, 2.24) is 4.90 Å². The highest BCUT2D eigenvalue weighted by molar-refractivity contribution is 4.58. The second-order valence-electron chi connectivity index (χ2n) is 2.78. The molecule has 12 heavy (non-hydrogen) atoms. The molecule has 0 saturated heterocycles. The third-order valence-corrected chi connectivity index (χ3v) is 1.92. The fourth-order valence-electron chi connectivity index (χ4n) is 0.868. The largest absolute Gasteiger partial charge is 0.316 e. The maximum Gasteiger partial charge on any atom is 0.0569 e. The van der Waals surface area contributed by atoms with Crippen LogP contribution in [0.15, 0.2) is 0 Å². The van der Waals surface area contributed by atoms with E-state index < -0.39 is 0 Å². The summed E-state index contributed by atoms with van der Waals surface area (Å²) in [5.41, 5.74) is 5.84. The van der Waals surface area contributed by atoms with Crippen LogP contribution in [-0.2, 0) is 0 Å². The lowest BCUT2D eigenvalue weighted by Gasteiger charge is -2.22. The Morgan fingerprint density at radius 3 is 2.08 bits per heavy atom. The van der Waals surface area contributed by atoms with E-state index in [4.69, 9.17) is 5.73 Å². The minimum atomic E-state index is 0.268. The molecule has 0 spiro atoms. The SMILES string of the molecule is CC.CCCCC(N)N(C)CC. The van der Waals surface area contributed by atoms with Gasteiger partial charge in [0.05, 0.1) is 6.17 Å². The first kappa shape index (κ1) is 14.4. The van der Waals surface area contributed by atoms with E-state index in [0.29, 0.717) is 0 Å². The molecule has 1 unspecified atom stereocenters. The Hall–Kier alpha value is -0.0800. The molecule has 1 atom stereocenters. The molecule has 0 aromatic rings. The standard InChI is InChI=1S/C8H20N2.C2H6/c1-4-6-7-8(9)10(3)5-2;1-2/h8H,4-7,9H2,1-3H3;1-2H3. The van der Waals surface area contributed by atoms with E-state index in [1.807, 2.05) is 13.8 Å². The van der Waals surface area contributed by atoms with Gasteiger partial charge in [0.25, 0.3) is 0 Å². The summed E-state index contributed by atoms with van der Waals surface area (Å²) in [5, 5.41) is 0. The first-order valence-electron chi connectivity index (χ1n) is 5.18. The van der Waals surface area contributed by atoms with Crippen LogP contribution in [0.25, 0.3) is 0 Å². The van der Waals surface area contributed by atoms with Gasteiger partial charge in [-0.25, -0.2) is 0 Å². The molecule has 0 aliphatic heterocycles. The molecule has 76 valence electrons. The van der Waals surface area contributed by atoms with Crippen LogP contribution in [0.1, 0.15) is 47.0 Å². The van der Waals surface area contributed by atoms with Gasteiger partial charge in [-0.15, -0.1) is 0 Å². The average molecular weight is 174 g/mol. The van der Waals surface area contributed by atoms with Gasteiger partial charge in [-0.05, 0) is 20.0 Å². The van der Waals surface area contributed by atoms with Crippen molar-refractivity contribution in [1.29, 1.82) is 0 Å². The molecule has 2 heteroatoms. The van der Waals surface area contributed by atoms with Crippen molar-refractivity contribution in [3.05, 3.63) is 0 Å². The van der Waals surface area contributed by atoms with Crippen LogP contribution in [0.3, 0.4) is 0 Å². The van der Waals surface area contributed by atoms with Crippen molar-refractivity contribution >= 4 is 0 Å². The topological polar surface area (TPSA) is 29.3 Å². The molecular formula is C10H26N2. The lowest BCUT2D eigenvalue weighted by molar-refractivity contribution is 0.243. The Kier molecular flexibility index (Phi) is 13.1. The Balaban J connectivity index is 0. The minimum absolute atomic E-state index is 0.268. The zero-order valence-electron chi connectivity index (χ0n) is 9.43. The molecule has 0 amide bonds. The van der Waals surface area contributed by atoms with E-state index in [0.717, 1.165) is 13.0 Å². The molecule has 0 bridgehead atoms. The van der Waals surface area contributed by atoms with E-state index in [9.17, 15) is 0 Å². The van der Waals surface area contributed by atoms with Gasteiger partial charge in [0.1, 0.15) is 0 Å². The van der Waals surface area contributed by atoms with E-state index in [1.54, 1.807) is 0 Å². The lowest BCUT2D eigenvalue weighted by Crippen LogP contribution is -2.38. The predicted octanol–water partition coefficient (Wildman–Crippen LogP) is 2.44. The molecule has 0 rings (SSSR count). The smallest absolute Gasteiger partial charge is 0.0569 e. The van der Waals surface area contributed by atoms with E-state index in [1.165, 1.54) is 12.8 Å². The zero-order chi connectivity index (χ0) is 9.98. The summed E-state index contributed by atoms with van der Waals surface area (Å²) in [6, 6.07) is 0. The molecule has 2 nitrogen and oxygen atoms in total. The van der Waals surface area contributed by atoms with Gasteiger partial charge >= 0.3 is 0 Å². The summed E-state index contributed by atoms with van der Waals surface area (Å²) in [5.74, 6) is 0. The van der Waals surface area contributed by atoms with Gasteiger partial charge in [0.2, 0.25) is 0 Å². The van der Waals surface area contributed by atoms with Gasteiger partial charge in [-0.2, -0.15) is 0 Å². The lowest BCUT2D eigenvalue weighted by atomic mass is 10.2. The Morgan fingerprint density at radius 1 is 1.25 bits per heavy atom. The monoisotopic (exact) mass is 174 g/mol. The highest BCUT2D eigenvalue weighted by Gasteiger charge is 2.04. The molecule has 0 saturated carbocycles. The van der Waals surface area contributed by atoms with E-state index >= 15 is 0 Å². The quantitative estimate of drug-likeness (QED) is 0.649. The maximum atomic E-state index is 5.84. The second-order valence-corrected chi connectivity index (χ2v) is 2.78. The van der Waals surface area contributed by atoms with Gasteiger partial charge < -0.3 is 5.73 Å². The summed E-state index contributed by atoms with van der Waals surface area (Å²) in [6.07, 6.45) is 3.88. The highest BCUT2D eigenvalue weighted by atomic mass is 15.2. The van der Waals surface area contributed by atoms with Crippen LogP contribution < -0.4 is 5.73 Å². The van der Waals surface area contributed by atoms with Crippen molar-refractivity contribution in [2.45, 2.75) is 53.1 Å². The summed E-state index contributed by atoms with van der Waals surface area (Å²) in [6.45, 7) is 9.37. The van der Waals surface area contributed by atoms with Crippen molar-refractivity contribution in [2.24, 2.45) is 5.73 Å². The van der Waals surface area contributed by atoms with Gasteiger partial charge in [0.15, 0.2) is 0 Å². The second kappa shape index (κ2) is 10.9. The van der Waals surface area contributed by atoms with Crippen molar-refractivity contribution in [2.75, 3.05) is 13.6 Å². The van der Waals surface area contributed by atoms with E-state index in [2.05, 4.69) is 25.8 Å². The number of rotatable bonds is 5. The van der Waals surface area contributed by atoms with E-state index in [-0.39, 0.29) is 6.17 Å². The average Bonchev–Trinajstić information content (AvgIpc) is 2.16. The fraction of sp³-hybridized carbons (Fsp3) is 1.00. The summed E-state index contributed by atoms with van der Waals surface area (Å²) < 4.78 is 0. The summed E-state index contributed by atoms with van der Waals surface area (Å²) in [7, 11) is 2.07. The minimum Gasteiger partial charge on any atom is -0.316 e. The molecular weight excluding hydrogens is 148 g/mol.